The molecule has 0 radical (unpaired) electrons. The third-order valence-electron chi connectivity index (χ3n) is 4.07. The molecule has 0 aliphatic carbocycles. The second kappa shape index (κ2) is 9.37. The Morgan fingerprint density at radius 1 is 1.35 bits per heavy atom. The molecule has 1 aliphatic heterocycles. The summed E-state index contributed by atoms with van der Waals surface area (Å²) in [5.74, 6) is 1.39. The van der Waals surface area contributed by atoms with Gasteiger partial charge in [-0.25, -0.2) is 0 Å². The molecule has 1 heterocycles. The number of hydrogen-bond donors (Lipinski definition) is 2. The lowest BCUT2D eigenvalue weighted by Gasteiger charge is -2.31. The lowest BCUT2D eigenvalue weighted by atomic mass is 10.1. The van der Waals surface area contributed by atoms with Crippen molar-refractivity contribution < 1.29 is 9.47 Å². The SMILES string of the molecule is COc1ccc(CCNC(N)=NCC(C)N2CCOCC2)cc1. The summed E-state index contributed by atoms with van der Waals surface area (Å²) in [7, 11) is 1.67. The first-order valence-corrected chi connectivity index (χ1v) is 8.17. The standard InChI is InChI=1S/C17H28N4O2/c1-14(21-9-11-23-12-10-21)13-20-17(18)19-8-7-15-3-5-16(22-2)6-4-15/h3-6,14H,7-13H2,1-2H3,(H3,18,19,20). The molecule has 23 heavy (non-hydrogen) atoms. The van der Waals surface area contributed by atoms with Crippen molar-refractivity contribution >= 4 is 5.96 Å². The molecular weight excluding hydrogens is 292 g/mol. The van der Waals surface area contributed by atoms with Crippen molar-refractivity contribution in [3.63, 3.8) is 0 Å². The van der Waals surface area contributed by atoms with Gasteiger partial charge < -0.3 is 20.5 Å². The van der Waals surface area contributed by atoms with Crippen molar-refractivity contribution in [1.29, 1.82) is 0 Å². The van der Waals surface area contributed by atoms with Gasteiger partial charge in [-0.2, -0.15) is 0 Å². The van der Waals surface area contributed by atoms with Crippen LogP contribution in [0.25, 0.3) is 0 Å². The molecule has 1 aliphatic rings. The van der Waals surface area contributed by atoms with Gasteiger partial charge in [0.25, 0.3) is 0 Å². The van der Waals surface area contributed by atoms with Crippen LogP contribution in [0.3, 0.4) is 0 Å². The fourth-order valence-electron chi connectivity index (χ4n) is 2.55. The van der Waals surface area contributed by atoms with Crippen molar-refractivity contribution in [2.24, 2.45) is 10.7 Å². The highest BCUT2D eigenvalue weighted by molar-refractivity contribution is 5.77. The Morgan fingerprint density at radius 3 is 2.70 bits per heavy atom. The summed E-state index contributed by atoms with van der Waals surface area (Å²) in [6.45, 7) is 7.23. The summed E-state index contributed by atoms with van der Waals surface area (Å²) in [4.78, 5) is 6.83. The van der Waals surface area contributed by atoms with Gasteiger partial charge in [-0.1, -0.05) is 12.1 Å². The van der Waals surface area contributed by atoms with E-state index in [4.69, 9.17) is 15.2 Å². The van der Waals surface area contributed by atoms with Gasteiger partial charge in [0.2, 0.25) is 0 Å². The first-order valence-electron chi connectivity index (χ1n) is 8.17. The lowest BCUT2D eigenvalue weighted by Crippen LogP contribution is -2.44. The number of nitrogens with one attached hydrogen (secondary N) is 1. The zero-order valence-corrected chi connectivity index (χ0v) is 14.1. The van der Waals surface area contributed by atoms with Gasteiger partial charge in [-0.3, -0.25) is 9.89 Å². The molecule has 0 bridgehead atoms. The minimum absolute atomic E-state index is 0.390. The summed E-state index contributed by atoms with van der Waals surface area (Å²) in [5, 5.41) is 3.17. The Hall–Kier alpha value is -1.79. The average molecular weight is 320 g/mol. The minimum atomic E-state index is 0.390. The Labute approximate surface area is 138 Å². The highest BCUT2D eigenvalue weighted by Crippen LogP contribution is 2.11. The van der Waals surface area contributed by atoms with Crippen molar-refractivity contribution in [2.45, 2.75) is 19.4 Å². The average Bonchev–Trinajstić information content (AvgIpc) is 2.61. The highest BCUT2D eigenvalue weighted by atomic mass is 16.5. The van der Waals surface area contributed by atoms with Crippen molar-refractivity contribution in [3.8, 4) is 5.75 Å². The predicted octanol–water partition coefficient (Wildman–Crippen LogP) is 0.863. The van der Waals surface area contributed by atoms with E-state index in [0.717, 1.165) is 45.0 Å². The predicted molar refractivity (Wildman–Crippen MR) is 93.0 cm³/mol. The molecule has 1 aromatic carbocycles. The summed E-state index contributed by atoms with van der Waals surface area (Å²) in [6, 6.07) is 8.46. The number of ether oxygens (including phenoxy) is 2. The summed E-state index contributed by atoms with van der Waals surface area (Å²) in [5.41, 5.74) is 7.18. The Morgan fingerprint density at radius 2 is 2.04 bits per heavy atom. The number of methoxy groups -OCH3 is 1. The third kappa shape index (κ3) is 6.08. The van der Waals surface area contributed by atoms with E-state index in [1.807, 2.05) is 12.1 Å². The van der Waals surface area contributed by atoms with Crippen LogP contribution >= 0.6 is 0 Å². The van der Waals surface area contributed by atoms with Gasteiger partial charge in [-0.15, -0.1) is 0 Å². The van der Waals surface area contributed by atoms with Gasteiger partial charge >= 0.3 is 0 Å². The first-order chi connectivity index (χ1) is 11.2. The molecule has 6 heteroatoms. The molecule has 1 aromatic rings. The number of nitrogens with zero attached hydrogens (tertiary/aromatic N) is 2. The number of hydrogen-bond acceptors (Lipinski definition) is 4. The molecule has 3 N–H and O–H groups in total. The van der Waals surface area contributed by atoms with Gasteiger partial charge in [-0.05, 0) is 31.0 Å². The zero-order valence-electron chi connectivity index (χ0n) is 14.1. The molecule has 6 nitrogen and oxygen atoms in total. The van der Waals surface area contributed by atoms with E-state index in [9.17, 15) is 0 Å². The van der Waals surface area contributed by atoms with E-state index in [-0.39, 0.29) is 0 Å². The number of guanidine groups is 1. The van der Waals surface area contributed by atoms with Crippen molar-refractivity contribution in [3.05, 3.63) is 29.8 Å². The molecule has 0 amide bonds. The number of rotatable bonds is 7. The molecule has 1 atom stereocenters. The topological polar surface area (TPSA) is 72.1 Å². The monoisotopic (exact) mass is 320 g/mol. The maximum absolute atomic E-state index is 5.94. The Bertz CT molecular complexity index is 484. The smallest absolute Gasteiger partial charge is 0.188 e. The van der Waals surface area contributed by atoms with Gasteiger partial charge in [0, 0.05) is 25.7 Å². The molecule has 0 saturated carbocycles. The molecule has 0 aromatic heterocycles. The Kier molecular flexibility index (Phi) is 7.16. The largest absolute Gasteiger partial charge is 0.497 e. The second-order valence-electron chi connectivity index (χ2n) is 5.75. The number of morpholine rings is 1. The van der Waals surface area contributed by atoms with E-state index < -0.39 is 0 Å². The number of aliphatic imine (C=N–C) groups is 1. The normalized spacial score (nSPS) is 17.7. The van der Waals surface area contributed by atoms with Gasteiger partial charge in [0.15, 0.2) is 5.96 Å². The van der Waals surface area contributed by atoms with Crippen LogP contribution in [-0.4, -0.2) is 63.4 Å². The molecule has 2 rings (SSSR count). The molecule has 0 spiro atoms. The van der Waals surface area contributed by atoms with Crippen LogP contribution in [0, 0.1) is 0 Å². The van der Waals surface area contributed by atoms with E-state index in [1.54, 1.807) is 7.11 Å². The molecular formula is C17H28N4O2. The fourth-order valence-corrected chi connectivity index (χ4v) is 2.55. The van der Waals surface area contributed by atoms with E-state index in [2.05, 4.69) is 34.3 Å². The minimum Gasteiger partial charge on any atom is -0.497 e. The third-order valence-corrected chi connectivity index (χ3v) is 4.07. The van der Waals surface area contributed by atoms with E-state index in [0.29, 0.717) is 18.5 Å². The van der Waals surface area contributed by atoms with Crippen molar-refractivity contribution in [2.75, 3.05) is 46.5 Å². The summed E-state index contributed by atoms with van der Waals surface area (Å²) < 4.78 is 10.5. The van der Waals surface area contributed by atoms with Crippen LogP contribution in [0.1, 0.15) is 12.5 Å². The summed E-state index contributed by atoms with van der Waals surface area (Å²) >= 11 is 0. The number of benzene rings is 1. The summed E-state index contributed by atoms with van der Waals surface area (Å²) in [6.07, 6.45) is 0.902. The van der Waals surface area contributed by atoms with E-state index in [1.165, 1.54) is 5.56 Å². The zero-order chi connectivity index (χ0) is 16.5. The fraction of sp³-hybridized carbons (Fsp3) is 0.588. The van der Waals surface area contributed by atoms with Crippen LogP contribution in [0.4, 0.5) is 0 Å². The van der Waals surface area contributed by atoms with Crippen LogP contribution in [-0.2, 0) is 11.2 Å². The molecule has 1 fully saturated rings. The van der Waals surface area contributed by atoms with Crippen LogP contribution < -0.4 is 15.8 Å². The molecule has 1 unspecified atom stereocenters. The number of nitrogens with two attached hydrogens (primary N) is 1. The van der Waals surface area contributed by atoms with Gasteiger partial charge in [0.05, 0.1) is 26.9 Å². The lowest BCUT2D eigenvalue weighted by molar-refractivity contribution is 0.0220. The maximum atomic E-state index is 5.94. The highest BCUT2D eigenvalue weighted by Gasteiger charge is 2.16. The van der Waals surface area contributed by atoms with Crippen LogP contribution in [0.2, 0.25) is 0 Å². The Balaban J connectivity index is 1.67. The second-order valence-corrected chi connectivity index (χ2v) is 5.75. The molecule has 1 saturated heterocycles. The quantitative estimate of drug-likeness (QED) is 0.576. The van der Waals surface area contributed by atoms with E-state index >= 15 is 0 Å². The van der Waals surface area contributed by atoms with Gasteiger partial charge in [0.1, 0.15) is 5.75 Å². The van der Waals surface area contributed by atoms with Crippen molar-refractivity contribution in [1.82, 2.24) is 10.2 Å². The van der Waals surface area contributed by atoms with Crippen LogP contribution in [0.5, 0.6) is 5.75 Å². The molecule has 128 valence electrons. The van der Waals surface area contributed by atoms with Crippen LogP contribution in [0.15, 0.2) is 29.3 Å². The first kappa shape index (κ1) is 17.6. The maximum Gasteiger partial charge on any atom is 0.188 e.